The molecule has 0 spiro atoms. The van der Waals surface area contributed by atoms with Gasteiger partial charge in [-0.15, -0.1) is 0 Å². The lowest BCUT2D eigenvalue weighted by molar-refractivity contribution is -0.119. The smallest absolute Gasteiger partial charge is 0.387 e. The Morgan fingerprint density at radius 2 is 1.77 bits per heavy atom. The van der Waals surface area contributed by atoms with Gasteiger partial charge in [0, 0.05) is 24.2 Å². The largest absolute Gasteiger partial charge is 0.493 e. The van der Waals surface area contributed by atoms with Crippen molar-refractivity contribution >= 4 is 23.6 Å². The van der Waals surface area contributed by atoms with Crippen molar-refractivity contribution in [2.75, 3.05) is 12.4 Å². The van der Waals surface area contributed by atoms with Gasteiger partial charge in [0.2, 0.25) is 11.8 Å². The van der Waals surface area contributed by atoms with Crippen molar-refractivity contribution in [3.8, 4) is 11.5 Å². The zero-order chi connectivity index (χ0) is 22.1. The van der Waals surface area contributed by atoms with Crippen molar-refractivity contribution < 1.29 is 27.8 Å². The van der Waals surface area contributed by atoms with Crippen molar-refractivity contribution in [3.63, 3.8) is 0 Å². The first-order valence-corrected chi connectivity index (χ1v) is 9.27. The van der Waals surface area contributed by atoms with Crippen LogP contribution in [-0.2, 0) is 16.1 Å². The summed E-state index contributed by atoms with van der Waals surface area (Å²) < 4.78 is 34.1. The number of anilines is 1. The lowest BCUT2D eigenvalue weighted by Crippen LogP contribution is -2.20. The van der Waals surface area contributed by atoms with E-state index in [4.69, 9.17) is 4.74 Å². The highest BCUT2D eigenvalue weighted by atomic mass is 19.3. The molecule has 0 aliphatic heterocycles. The van der Waals surface area contributed by atoms with Gasteiger partial charge >= 0.3 is 6.61 Å². The monoisotopic (exact) mass is 418 g/mol. The number of carbonyl (C=O) groups excluding carboxylic acids is 2. The van der Waals surface area contributed by atoms with Gasteiger partial charge in [0.1, 0.15) is 0 Å². The summed E-state index contributed by atoms with van der Waals surface area (Å²) in [4.78, 5) is 23.7. The maximum absolute atomic E-state index is 12.4. The lowest BCUT2D eigenvalue weighted by Gasteiger charge is -2.10. The van der Waals surface area contributed by atoms with Gasteiger partial charge in [-0.05, 0) is 41.5 Å². The molecule has 2 N–H and O–H groups in total. The van der Waals surface area contributed by atoms with Gasteiger partial charge in [0.05, 0.1) is 7.11 Å². The standard InChI is InChI=1S/C22H24F2N2O4/c1-14(2)21(28)26-17-8-4-16(5-9-17)13-25-20(27)11-7-15-6-10-18(30-22(23)24)19(12-15)29-3/h4-12,14,22H,13H2,1-3H3,(H,25,27)(H,26,28)/b11-7+. The van der Waals surface area contributed by atoms with E-state index >= 15 is 0 Å². The van der Waals surface area contributed by atoms with Crippen LogP contribution in [-0.4, -0.2) is 25.5 Å². The Hall–Kier alpha value is -3.42. The molecule has 0 aliphatic rings. The molecule has 30 heavy (non-hydrogen) atoms. The summed E-state index contributed by atoms with van der Waals surface area (Å²) in [6.45, 7) is 0.987. The molecule has 0 bridgehead atoms. The van der Waals surface area contributed by atoms with Gasteiger partial charge < -0.3 is 20.1 Å². The molecule has 0 heterocycles. The quantitative estimate of drug-likeness (QED) is 0.598. The van der Waals surface area contributed by atoms with E-state index in [1.54, 1.807) is 12.1 Å². The number of halogens is 2. The van der Waals surface area contributed by atoms with E-state index in [0.717, 1.165) is 5.56 Å². The van der Waals surface area contributed by atoms with Crippen LogP contribution in [0, 0.1) is 5.92 Å². The number of benzene rings is 2. The van der Waals surface area contributed by atoms with Crippen LogP contribution in [0.2, 0.25) is 0 Å². The average Bonchev–Trinajstić information content (AvgIpc) is 2.72. The second-order valence-corrected chi connectivity index (χ2v) is 6.68. The zero-order valence-corrected chi connectivity index (χ0v) is 16.9. The number of carbonyl (C=O) groups is 2. The topological polar surface area (TPSA) is 76.7 Å². The molecule has 2 aromatic carbocycles. The fourth-order valence-corrected chi connectivity index (χ4v) is 2.39. The number of methoxy groups -OCH3 is 1. The van der Waals surface area contributed by atoms with E-state index in [1.165, 1.54) is 37.5 Å². The van der Waals surface area contributed by atoms with Crippen LogP contribution in [0.25, 0.3) is 6.08 Å². The van der Waals surface area contributed by atoms with Crippen molar-refractivity contribution in [3.05, 3.63) is 59.7 Å². The Balaban J connectivity index is 1.90. The first-order chi connectivity index (χ1) is 14.3. The van der Waals surface area contributed by atoms with Crippen molar-refractivity contribution in [1.82, 2.24) is 5.32 Å². The lowest BCUT2D eigenvalue weighted by atomic mass is 10.1. The van der Waals surface area contributed by atoms with Crippen LogP contribution in [0.4, 0.5) is 14.5 Å². The molecule has 6 nitrogen and oxygen atoms in total. The Morgan fingerprint density at radius 3 is 2.37 bits per heavy atom. The first-order valence-electron chi connectivity index (χ1n) is 9.27. The Kier molecular flexibility index (Phi) is 8.34. The van der Waals surface area contributed by atoms with Crippen LogP contribution in [0.1, 0.15) is 25.0 Å². The molecule has 0 radical (unpaired) electrons. The van der Waals surface area contributed by atoms with E-state index in [1.807, 2.05) is 26.0 Å². The van der Waals surface area contributed by atoms with E-state index < -0.39 is 6.61 Å². The second-order valence-electron chi connectivity index (χ2n) is 6.68. The molecule has 0 aliphatic carbocycles. The molecule has 2 aromatic rings. The Labute approximate surface area is 173 Å². The maximum atomic E-state index is 12.4. The van der Waals surface area contributed by atoms with Gasteiger partial charge in [0.15, 0.2) is 11.5 Å². The van der Waals surface area contributed by atoms with Crippen molar-refractivity contribution in [2.45, 2.75) is 27.0 Å². The van der Waals surface area contributed by atoms with Gasteiger partial charge in [0.25, 0.3) is 0 Å². The van der Waals surface area contributed by atoms with Crippen molar-refractivity contribution in [2.24, 2.45) is 5.92 Å². The fourth-order valence-electron chi connectivity index (χ4n) is 2.39. The summed E-state index contributed by atoms with van der Waals surface area (Å²) >= 11 is 0. The van der Waals surface area contributed by atoms with E-state index in [-0.39, 0.29) is 29.2 Å². The number of hydrogen-bond acceptors (Lipinski definition) is 4. The molecular formula is C22H24F2N2O4. The van der Waals surface area contributed by atoms with E-state index in [0.29, 0.717) is 17.8 Å². The van der Waals surface area contributed by atoms with E-state index in [2.05, 4.69) is 15.4 Å². The molecule has 0 saturated heterocycles. The molecule has 2 rings (SSSR count). The Morgan fingerprint density at radius 1 is 1.07 bits per heavy atom. The van der Waals surface area contributed by atoms with Crippen LogP contribution in [0.15, 0.2) is 48.5 Å². The minimum absolute atomic E-state index is 0.0633. The molecule has 0 atom stereocenters. The van der Waals surface area contributed by atoms with Gasteiger partial charge in [-0.2, -0.15) is 8.78 Å². The summed E-state index contributed by atoms with van der Waals surface area (Å²) in [7, 11) is 1.34. The molecule has 0 saturated carbocycles. The predicted molar refractivity (Wildman–Crippen MR) is 110 cm³/mol. The molecule has 0 aromatic heterocycles. The summed E-state index contributed by atoms with van der Waals surface area (Å²) in [5.41, 5.74) is 2.15. The minimum Gasteiger partial charge on any atom is -0.493 e. The highest BCUT2D eigenvalue weighted by molar-refractivity contribution is 5.92. The summed E-state index contributed by atoms with van der Waals surface area (Å²) in [5.74, 6) is -0.431. The van der Waals surface area contributed by atoms with Gasteiger partial charge in [-0.1, -0.05) is 32.0 Å². The van der Waals surface area contributed by atoms with Gasteiger partial charge in [-0.25, -0.2) is 0 Å². The number of hydrogen-bond donors (Lipinski definition) is 2. The van der Waals surface area contributed by atoms with Crippen molar-refractivity contribution in [1.29, 1.82) is 0 Å². The second kappa shape index (κ2) is 10.9. The number of alkyl halides is 2. The van der Waals surface area contributed by atoms with Crippen LogP contribution >= 0.6 is 0 Å². The molecular weight excluding hydrogens is 394 g/mol. The highest BCUT2D eigenvalue weighted by Gasteiger charge is 2.10. The third-order valence-electron chi connectivity index (χ3n) is 4.04. The number of amides is 2. The molecule has 2 amide bonds. The maximum Gasteiger partial charge on any atom is 0.387 e. The zero-order valence-electron chi connectivity index (χ0n) is 16.9. The number of ether oxygens (including phenoxy) is 2. The summed E-state index contributed by atoms with van der Waals surface area (Å²) in [5, 5.41) is 5.54. The highest BCUT2D eigenvalue weighted by Crippen LogP contribution is 2.29. The normalized spacial score (nSPS) is 11.0. The summed E-state index contributed by atoms with van der Waals surface area (Å²) in [6, 6.07) is 11.5. The number of nitrogens with one attached hydrogen (secondary N) is 2. The SMILES string of the molecule is COc1cc(/C=C/C(=O)NCc2ccc(NC(=O)C(C)C)cc2)ccc1OC(F)F. The van der Waals surface area contributed by atoms with Crippen LogP contribution in [0.3, 0.4) is 0 Å². The molecule has 8 heteroatoms. The van der Waals surface area contributed by atoms with Crippen LogP contribution < -0.4 is 20.1 Å². The van der Waals surface area contributed by atoms with Crippen LogP contribution in [0.5, 0.6) is 11.5 Å². The predicted octanol–water partition coefficient (Wildman–Crippen LogP) is 4.22. The minimum atomic E-state index is -2.95. The molecule has 0 unspecified atom stereocenters. The third-order valence-corrected chi connectivity index (χ3v) is 4.04. The molecule has 0 fully saturated rings. The third kappa shape index (κ3) is 7.20. The Bertz CT molecular complexity index is 897. The summed E-state index contributed by atoms with van der Waals surface area (Å²) in [6.07, 6.45) is 2.87. The van der Waals surface area contributed by atoms with E-state index in [9.17, 15) is 18.4 Å². The molecule has 160 valence electrons. The fraction of sp³-hybridized carbons (Fsp3) is 0.273. The first kappa shape index (κ1) is 22.9. The average molecular weight is 418 g/mol. The van der Waals surface area contributed by atoms with Gasteiger partial charge in [-0.3, -0.25) is 9.59 Å². The number of rotatable bonds is 9.